The standard InChI is InChI=1S/C21H26N4O3/c1-15(16-4-6-18-19(12-16)28-14-27-18)24-8-10-25(11-9-24)20-7-5-17(13-22-20)21(26)23(2)3/h4-7,12-13,15H,8-11,14H2,1-3H3. The van der Waals surface area contributed by atoms with Crippen molar-refractivity contribution in [1.82, 2.24) is 14.8 Å². The molecule has 148 valence electrons. The molecule has 7 heteroatoms. The van der Waals surface area contributed by atoms with Crippen LogP contribution < -0.4 is 14.4 Å². The fourth-order valence-electron chi connectivity index (χ4n) is 3.68. The summed E-state index contributed by atoms with van der Waals surface area (Å²) in [5, 5.41) is 0. The van der Waals surface area contributed by atoms with Crippen LogP contribution in [-0.4, -0.2) is 67.8 Å². The zero-order valence-electron chi connectivity index (χ0n) is 16.6. The van der Waals surface area contributed by atoms with Gasteiger partial charge in [-0.05, 0) is 36.8 Å². The highest BCUT2D eigenvalue weighted by atomic mass is 16.7. The minimum atomic E-state index is -0.0265. The predicted octanol–water partition coefficient (Wildman–Crippen LogP) is 2.40. The van der Waals surface area contributed by atoms with Gasteiger partial charge in [0.05, 0.1) is 5.56 Å². The monoisotopic (exact) mass is 382 g/mol. The lowest BCUT2D eigenvalue weighted by molar-refractivity contribution is 0.0827. The first kappa shape index (κ1) is 18.6. The molecule has 1 fully saturated rings. The Kier molecular flexibility index (Phi) is 5.09. The molecule has 0 bridgehead atoms. The lowest BCUT2D eigenvalue weighted by Crippen LogP contribution is -2.47. The Hall–Kier alpha value is -2.80. The van der Waals surface area contributed by atoms with Crippen LogP contribution in [-0.2, 0) is 0 Å². The van der Waals surface area contributed by atoms with Crippen LogP contribution in [0, 0.1) is 0 Å². The number of hydrogen-bond donors (Lipinski definition) is 0. The minimum Gasteiger partial charge on any atom is -0.454 e. The molecule has 7 nitrogen and oxygen atoms in total. The third-order valence-corrected chi connectivity index (χ3v) is 5.47. The molecule has 2 aliphatic rings. The van der Waals surface area contributed by atoms with Gasteiger partial charge < -0.3 is 19.3 Å². The second-order valence-corrected chi connectivity index (χ2v) is 7.42. The molecule has 4 rings (SSSR count). The maximum absolute atomic E-state index is 12.0. The van der Waals surface area contributed by atoms with Crippen molar-refractivity contribution >= 4 is 11.7 Å². The smallest absolute Gasteiger partial charge is 0.254 e. The Morgan fingerprint density at radius 1 is 1.07 bits per heavy atom. The molecular formula is C21H26N4O3. The molecule has 0 radical (unpaired) electrons. The van der Waals surface area contributed by atoms with Gasteiger partial charge in [-0.3, -0.25) is 9.69 Å². The molecular weight excluding hydrogens is 356 g/mol. The highest BCUT2D eigenvalue weighted by Gasteiger charge is 2.24. The molecule has 1 aromatic heterocycles. The summed E-state index contributed by atoms with van der Waals surface area (Å²) < 4.78 is 10.9. The van der Waals surface area contributed by atoms with Gasteiger partial charge in [0.25, 0.3) is 5.91 Å². The SMILES string of the molecule is CC(c1ccc2c(c1)OCO2)N1CCN(c2ccc(C(=O)N(C)C)cn2)CC1. The van der Waals surface area contributed by atoms with E-state index in [1.165, 1.54) is 5.56 Å². The van der Waals surface area contributed by atoms with Gasteiger partial charge in [-0.2, -0.15) is 0 Å². The summed E-state index contributed by atoms with van der Waals surface area (Å²) in [6.07, 6.45) is 1.67. The van der Waals surface area contributed by atoms with Crippen LogP contribution >= 0.6 is 0 Å². The van der Waals surface area contributed by atoms with Gasteiger partial charge >= 0.3 is 0 Å². The third kappa shape index (κ3) is 3.62. The van der Waals surface area contributed by atoms with Crippen LogP contribution in [0.25, 0.3) is 0 Å². The summed E-state index contributed by atoms with van der Waals surface area (Å²) >= 11 is 0. The molecule has 0 aliphatic carbocycles. The Labute approximate surface area is 165 Å². The molecule has 1 amide bonds. The van der Waals surface area contributed by atoms with Crippen molar-refractivity contribution in [2.45, 2.75) is 13.0 Å². The summed E-state index contributed by atoms with van der Waals surface area (Å²) in [7, 11) is 3.49. The van der Waals surface area contributed by atoms with E-state index < -0.39 is 0 Å². The second-order valence-electron chi connectivity index (χ2n) is 7.42. The fraction of sp³-hybridized carbons (Fsp3) is 0.429. The van der Waals surface area contributed by atoms with Crippen LogP contribution in [0.2, 0.25) is 0 Å². The average molecular weight is 382 g/mol. The Morgan fingerprint density at radius 3 is 2.50 bits per heavy atom. The van der Waals surface area contributed by atoms with Gasteiger partial charge in [0.15, 0.2) is 11.5 Å². The molecule has 28 heavy (non-hydrogen) atoms. The van der Waals surface area contributed by atoms with Crippen molar-refractivity contribution in [1.29, 1.82) is 0 Å². The highest BCUT2D eigenvalue weighted by molar-refractivity contribution is 5.93. The summed E-state index contributed by atoms with van der Waals surface area (Å²) in [5.74, 6) is 2.55. The van der Waals surface area contributed by atoms with Crippen molar-refractivity contribution < 1.29 is 14.3 Å². The van der Waals surface area contributed by atoms with Crippen LogP contribution in [0.15, 0.2) is 36.5 Å². The second kappa shape index (κ2) is 7.67. The van der Waals surface area contributed by atoms with Gasteiger partial charge in [-0.1, -0.05) is 6.07 Å². The molecule has 0 spiro atoms. The first-order chi connectivity index (χ1) is 13.5. The number of nitrogens with zero attached hydrogens (tertiary/aromatic N) is 4. The van der Waals surface area contributed by atoms with Gasteiger partial charge in [0.2, 0.25) is 6.79 Å². The van der Waals surface area contributed by atoms with Crippen LogP contribution in [0.3, 0.4) is 0 Å². The number of rotatable bonds is 4. The van der Waals surface area contributed by atoms with Crippen molar-refractivity contribution in [3.63, 3.8) is 0 Å². The number of piperazine rings is 1. The predicted molar refractivity (Wildman–Crippen MR) is 107 cm³/mol. The van der Waals surface area contributed by atoms with Crippen LogP contribution in [0.5, 0.6) is 11.5 Å². The van der Waals surface area contributed by atoms with E-state index in [-0.39, 0.29) is 5.91 Å². The van der Waals surface area contributed by atoms with E-state index >= 15 is 0 Å². The number of carbonyl (C=O) groups excluding carboxylic acids is 1. The minimum absolute atomic E-state index is 0.0265. The number of benzene rings is 1. The number of ether oxygens (including phenoxy) is 2. The Bertz CT molecular complexity index is 845. The zero-order valence-corrected chi connectivity index (χ0v) is 16.6. The molecule has 1 aromatic carbocycles. The molecule has 3 heterocycles. The molecule has 0 N–H and O–H groups in total. The highest BCUT2D eigenvalue weighted by Crippen LogP contribution is 2.35. The normalized spacial score (nSPS) is 17.5. The summed E-state index contributed by atoms with van der Waals surface area (Å²) in [5.41, 5.74) is 1.85. The lowest BCUT2D eigenvalue weighted by atomic mass is 10.1. The molecule has 2 aromatic rings. The van der Waals surface area contributed by atoms with Gasteiger partial charge in [-0.15, -0.1) is 0 Å². The fourth-order valence-corrected chi connectivity index (χ4v) is 3.68. The summed E-state index contributed by atoms with van der Waals surface area (Å²) in [4.78, 5) is 22.8. The van der Waals surface area contributed by atoms with Gasteiger partial charge in [0.1, 0.15) is 5.82 Å². The number of anilines is 1. The first-order valence-electron chi connectivity index (χ1n) is 9.59. The van der Waals surface area contributed by atoms with Crippen LogP contribution in [0.4, 0.5) is 5.82 Å². The van der Waals surface area contributed by atoms with Gasteiger partial charge in [0, 0.05) is 52.5 Å². The largest absolute Gasteiger partial charge is 0.454 e. The van der Waals surface area contributed by atoms with Crippen molar-refractivity contribution in [3.05, 3.63) is 47.7 Å². The van der Waals surface area contributed by atoms with E-state index in [1.807, 2.05) is 18.2 Å². The van der Waals surface area contributed by atoms with E-state index in [2.05, 4.69) is 33.8 Å². The maximum atomic E-state index is 12.0. The van der Waals surface area contributed by atoms with Crippen molar-refractivity contribution in [2.24, 2.45) is 0 Å². The number of carbonyl (C=O) groups is 1. The number of aromatic nitrogens is 1. The van der Waals surface area contributed by atoms with Crippen molar-refractivity contribution in [2.75, 3.05) is 52.0 Å². The zero-order chi connectivity index (χ0) is 19.7. The number of amides is 1. The quantitative estimate of drug-likeness (QED) is 0.809. The molecule has 0 saturated carbocycles. The number of hydrogen-bond acceptors (Lipinski definition) is 6. The summed E-state index contributed by atoms with van der Waals surface area (Å²) in [6.45, 7) is 6.25. The van der Waals surface area contributed by atoms with E-state index in [0.29, 0.717) is 18.4 Å². The van der Waals surface area contributed by atoms with E-state index in [1.54, 1.807) is 25.2 Å². The third-order valence-electron chi connectivity index (χ3n) is 5.47. The van der Waals surface area contributed by atoms with Crippen molar-refractivity contribution in [3.8, 4) is 11.5 Å². The Balaban J connectivity index is 1.37. The van der Waals surface area contributed by atoms with E-state index in [0.717, 1.165) is 43.5 Å². The average Bonchev–Trinajstić information content (AvgIpc) is 3.21. The molecule has 1 saturated heterocycles. The van der Waals surface area contributed by atoms with E-state index in [9.17, 15) is 4.79 Å². The van der Waals surface area contributed by atoms with Gasteiger partial charge in [-0.25, -0.2) is 4.98 Å². The van der Waals surface area contributed by atoms with Crippen LogP contribution in [0.1, 0.15) is 28.9 Å². The molecule has 1 unspecified atom stereocenters. The Morgan fingerprint density at radius 2 is 1.82 bits per heavy atom. The number of fused-ring (bicyclic) bond motifs is 1. The van der Waals surface area contributed by atoms with E-state index in [4.69, 9.17) is 9.47 Å². The molecule has 2 aliphatic heterocycles. The lowest BCUT2D eigenvalue weighted by Gasteiger charge is -2.38. The molecule has 1 atom stereocenters. The number of pyridine rings is 1. The topological polar surface area (TPSA) is 58.1 Å². The first-order valence-corrected chi connectivity index (χ1v) is 9.59. The maximum Gasteiger partial charge on any atom is 0.254 e. The summed E-state index contributed by atoms with van der Waals surface area (Å²) in [6, 6.07) is 10.3.